The molecule has 104 valence electrons. The second-order valence-electron chi connectivity index (χ2n) is 4.04. The molecule has 1 rings (SSSR count). The molecule has 0 spiro atoms. The molecule has 0 aliphatic rings. The fourth-order valence-electron chi connectivity index (χ4n) is 1.49. The van der Waals surface area contributed by atoms with Gasteiger partial charge in [-0.3, -0.25) is 19.4 Å². The molecule has 0 aliphatic heterocycles. The summed E-state index contributed by atoms with van der Waals surface area (Å²) >= 11 is 0. The molecule has 0 aliphatic carbocycles. The number of aromatic nitrogens is 2. The van der Waals surface area contributed by atoms with Gasteiger partial charge >= 0.3 is 11.7 Å². The van der Waals surface area contributed by atoms with Gasteiger partial charge in [-0.05, 0) is 6.42 Å². The predicted octanol–water partition coefficient (Wildman–Crippen LogP) is -1.17. The Hall–Kier alpha value is -2.38. The maximum absolute atomic E-state index is 11.5. The van der Waals surface area contributed by atoms with Gasteiger partial charge in [0, 0.05) is 18.3 Å². The number of H-pyrrole nitrogens is 2. The number of hydrogen-bond donors (Lipinski definition) is 4. The number of carbonyl (C=O) groups is 2. The van der Waals surface area contributed by atoms with Gasteiger partial charge in [0.15, 0.2) is 0 Å². The van der Waals surface area contributed by atoms with Gasteiger partial charge in [-0.1, -0.05) is 6.92 Å². The van der Waals surface area contributed by atoms with Gasteiger partial charge < -0.3 is 15.4 Å². The van der Waals surface area contributed by atoms with Crippen LogP contribution in [-0.2, 0) is 16.0 Å². The van der Waals surface area contributed by atoms with Crippen LogP contribution in [0.25, 0.3) is 0 Å². The SMILES string of the molecule is CCC(CNC(=O)Cc1cc(=O)[nH]c(=O)[nH]1)C(=O)O. The third-order valence-corrected chi connectivity index (χ3v) is 2.55. The van der Waals surface area contributed by atoms with Crippen molar-refractivity contribution in [3.05, 3.63) is 32.6 Å². The molecule has 1 heterocycles. The van der Waals surface area contributed by atoms with Crippen LogP contribution in [0.3, 0.4) is 0 Å². The number of hydrogen-bond acceptors (Lipinski definition) is 4. The van der Waals surface area contributed by atoms with Crippen LogP contribution in [0, 0.1) is 5.92 Å². The molecular weight excluding hydrogens is 254 g/mol. The van der Waals surface area contributed by atoms with Gasteiger partial charge in [-0.2, -0.15) is 0 Å². The Kier molecular flexibility index (Phi) is 5.04. The average Bonchev–Trinajstić information content (AvgIpc) is 2.27. The van der Waals surface area contributed by atoms with E-state index in [1.54, 1.807) is 6.92 Å². The van der Waals surface area contributed by atoms with Crippen molar-refractivity contribution in [2.75, 3.05) is 6.54 Å². The number of carbonyl (C=O) groups excluding carboxylic acids is 1. The molecule has 0 fully saturated rings. The zero-order valence-electron chi connectivity index (χ0n) is 10.4. The van der Waals surface area contributed by atoms with Gasteiger partial charge in [0.05, 0.1) is 12.3 Å². The largest absolute Gasteiger partial charge is 0.481 e. The molecule has 4 N–H and O–H groups in total. The fourth-order valence-corrected chi connectivity index (χ4v) is 1.49. The lowest BCUT2D eigenvalue weighted by Crippen LogP contribution is -2.34. The molecular formula is C11H15N3O5. The van der Waals surface area contributed by atoms with Crippen LogP contribution >= 0.6 is 0 Å². The van der Waals surface area contributed by atoms with Gasteiger partial charge in [0.1, 0.15) is 0 Å². The number of aromatic amines is 2. The van der Waals surface area contributed by atoms with E-state index in [1.165, 1.54) is 0 Å². The maximum atomic E-state index is 11.5. The predicted molar refractivity (Wildman–Crippen MR) is 65.8 cm³/mol. The lowest BCUT2D eigenvalue weighted by Gasteiger charge is -2.10. The van der Waals surface area contributed by atoms with Crippen LogP contribution in [0.4, 0.5) is 0 Å². The Balaban J connectivity index is 2.58. The highest BCUT2D eigenvalue weighted by Gasteiger charge is 2.16. The Morgan fingerprint density at radius 2 is 2.05 bits per heavy atom. The summed E-state index contributed by atoms with van der Waals surface area (Å²) in [6, 6.07) is 1.11. The quantitative estimate of drug-likeness (QED) is 0.516. The molecule has 19 heavy (non-hydrogen) atoms. The highest BCUT2D eigenvalue weighted by molar-refractivity contribution is 5.79. The minimum Gasteiger partial charge on any atom is -0.481 e. The van der Waals surface area contributed by atoms with Crippen molar-refractivity contribution in [1.29, 1.82) is 0 Å². The summed E-state index contributed by atoms with van der Waals surface area (Å²) in [5.41, 5.74) is -1.11. The van der Waals surface area contributed by atoms with Crippen molar-refractivity contribution in [1.82, 2.24) is 15.3 Å². The maximum Gasteiger partial charge on any atom is 0.325 e. The third kappa shape index (κ3) is 4.78. The molecule has 1 aromatic heterocycles. The number of nitrogens with one attached hydrogen (secondary N) is 3. The first-order valence-corrected chi connectivity index (χ1v) is 5.74. The van der Waals surface area contributed by atoms with E-state index in [2.05, 4.69) is 10.3 Å². The standard InChI is InChI=1S/C11H15N3O5/c1-2-6(10(17)18)5-12-8(15)3-7-4-9(16)14-11(19)13-7/h4,6H,2-3,5H2,1H3,(H,12,15)(H,17,18)(H2,13,14,16,19). The molecule has 0 aromatic carbocycles. The summed E-state index contributed by atoms with van der Waals surface area (Å²) in [6.45, 7) is 1.72. The van der Waals surface area contributed by atoms with Gasteiger partial charge in [0.2, 0.25) is 5.91 Å². The topological polar surface area (TPSA) is 132 Å². The minimum absolute atomic E-state index is 0.0120. The Morgan fingerprint density at radius 3 is 2.58 bits per heavy atom. The first kappa shape index (κ1) is 14.7. The summed E-state index contributed by atoms with van der Waals surface area (Å²) in [5.74, 6) is -2.09. The monoisotopic (exact) mass is 269 g/mol. The Labute approximate surface area is 107 Å². The molecule has 8 heteroatoms. The van der Waals surface area contributed by atoms with Crippen molar-refractivity contribution >= 4 is 11.9 Å². The number of carboxylic acid groups (broad SMARTS) is 1. The number of rotatable bonds is 6. The van der Waals surface area contributed by atoms with Gasteiger partial charge in [0.25, 0.3) is 5.56 Å². The van der Waals surface area contributed by atoms with Crippen molar-refractivity contribution in [2.24, 2.45) is 5.92 Å². The Morgan fingerprint density at radius 1 is 1.37 bits per heavy atom. The molecule has 1 atom stereocenters. The zero-order valence-corrected chi connectivity index (χ0v) is 10.4. The van der Waals surface area contributed by atoms with Crippen molar-refractivity contribution < 1.29 is 14.7 Å². The van der Waals surface area contributed by atoms with E-state index >= 15 is 0 Å². The van der Waals surface area contributed by atoms with E-state index in [1.807, 2.05) is 4.98 Å². The van der Waals surface area contributed by atoms with Crippen LogP contribution in [0.15, 0.2) is 15.7 Å². The van der Waals surface area contributed by atoms with E-state index in [9.17, 15) is 19.2 Å². The molecule has 1 unspecified atom stereocenters. The molecule has 0 radical (unpaired) electrons. The average molecular weight is 269 g/mol. The summed E-state index contributed by atoms with van der Waals surface area (Å²) in [4.78, 5) is 48.6. The van der Waals surface area contributed by atoms with Crippen molar-refractivity contribution in [3.63, 3.8) is 0 Å². The third-order valence-electron chi connectivity index (χ3n) is 2.55. The lowest BCUT2D eigenvalue weighted by atomic mass is 10.1. The normalized spacial score (nSPS) is 11.8. The molecule has 8 nitrogen and oxygen atoms in total. The van der Waals surface area contributed by atoms with Crippen LogP contribution in [-0.4, -0.2) is 33.5 Å². The fraction of sp³-hybridized carbons (Fsp3) is 0.455. The van der Waals surface area contributed by atoms with E-state index < -0.39 is 29.0 Å². The highest BCUT2D eigenvalue weighted by Crippen LogP contribution is 2.00. The van der Waals surface area contributed by atoms with Crippen LogP contribution in [0.2, 0.25) is 0 Å². The number of aliphatic carboxylic acids is 1. The van der Waals surface area contributed by atoms with Crippen LogP contribution in [0.5, 0.6) is 0 Å². The summed E-state index contributed by atoms with van der Waals surface area (Å²) < 4.78 is 0. The van der Waals surface area contributed by atoms with Crippen molar-refractivity contribution in [2.45, 2.75) is 19.8 Å². The van der Waals surface area contributed by atoms with Gasteiger partial charge in [-0.15, -0.1) is 0 Å². The Bertz CT molecular complexity index is 546. The summed E-state index contributed by atoms with van der Waals surface area (Å²) in [6.07, 6.45) is 0.215. The first-order chi connectivity index (χ1) is 8.92. The van der Waals surface area contributed by atoms with Crippen LogP contribution in [0.1, 0.15) is 19.0 Å². The second kappa shape index (κ2) is 6.53. The smallest absolute Gasteiger partial charge is 0.325 e. The zero-order chi connectivity index (χ0) is 14.4. The summed E-state index contributed by atoms with van der Waals surface area (Å²) in [5, 5.41) is 11.3. The van der Waals surface area contributed by atoms with E-state index in [0.717, 1.165) is 6.07 Å². The van der Waals surface area contributed by atoms with E-state index in [0.29, 0.717) is 6.42 Å². The van der Waals surface area contributed by atoms with Crippen molar-refractivity contribution in [3.8, 4) is 0 Å². The molecule has 0 saturated heterocycles. The first-order valence-electron chi connectivity index (χ1n) is 5.74. The molecule has 0 saturated carbocycles. The molecule has 1 aromatic rings. The van der Waals surface area contributed by atoms with E-state index in [4.69, 9.17) is 5.11 Å². The van der Waals surface area contributed by atoms with E-state index in [-0.39, 0.29) is 18.7 Å². The lowest BCUT2D eigenvalue weighted by molar-refractivity contribution is -0.141. The van der Waals surface area contributed by atoms with Crippen LogP contribution < -0.4 is 16.6 Å². The minimum atomic E-state index is -0.979. The summed E-state index contributed by atoms with van der Waals surface area (Å²) in [7, 11) is 0. The highest BCUT2D eigenvalue weighted by atomic mass is 16.4. The number of carboxylic acids is 1. The van der Waals surface area contributed by atoms with Gasteiger partial charge in [-0.25, -0.2) is 4.79 Å². The molecule has 1 amide bonds. The second-order valence-corrected chi connectivity index (χ2v) is 4.04. The molecule has 0 bridgehead atoms. The number of amides is 1.